The Morgan fingerprint density at radius 1 is 1.11 bits per heavy atom. The summed E-state index contributed by atoms with van der Waals surface area (Å²) in [6.07, 6.45) is -0.0515. The lowest BCUT2D eigenvalue weighted by Crippen LogP contribution is -2.23. The highest BCUT2D eigenvalue weighted by Gasteiger charge is 2.39. The molecule has 28 heavy (non-hydrogen) atoms. The number of methoxy groups -OCH3 is 1. The molecular formula is C20H19NO7. The number of carbonyl (C=O) groups excluding carboxylic acids is 2. The Kier molecular flexibility index (Phi) is 4.26. The van der Waals surface area contributed by atoms with E-state index in [2.05, 4.69) is 5.32 Å². The number of amides is 1. The van der Waals surface area contributed by atoms with Crippen molar-refractivity contribution in [3.8, 4) is 28.7 Å². The number of phenols is 3. The lowest BCUT2D eigenvalue weighted by Gasteiger charge is -2.29. The molecule has 2 aromatic carbocycles. The highest BCUT2D eigenvalue weighted by atomic mass is 16.5. The molecule has 2 aromatic rings. The van der Waals surface area contributed by atoms with Gasteiger partial charge in [-0.25, -0.2) is 0 Å². The average molecular weight is 385 g/mol. The van der Waals surface area contributed by atoms with Gasteiger partial charge in [0.05, 0.1) is 25.1 Å². The van der Waals surface area contributed by atoms with Crippen molar-refractivity contribution in [2.45, 2.75) is 31.4 Å². The van der Waals surface area contributed by atoms with Gasteiger partial charge in [0.1, 0.15) is 23.2 Å². The number of aromatic hydroxyl groups is 3. The van der Waals surface area contributed by atoms with Gasteiger partial charge in [0.2, 0.25) is 11.7 Å². The van der Waals surface area contributed by atoms with Crippen molar-refractivity contribution in [2.24, 2.45) is 0 Å². The van der Waals surface area contributed by atoms with Crippen LogP contribution in [-0.2, 0) is 4.79 Å². The summed E-state index contributed by atoms with van der Waals surface area (Å²) >= 11 is 0. The van der Waals surface area contributed by atoms with Crippen LogP contribution < -0.4 is 14.8 Å². The fraction of sp³-hybridized carbons (Fsp3) is 0.300. The summed E-state index contributed by atoms with van der Waals surface area (Å²) in [6.45, 7) is 0. The van der Waals surface area contributed by atoms with Gasteiger partial charge in [-0.1, -0.05) is 12.1 Å². The van der Waals surface area contributed by atoms with E-state index in [1.165, 1.54) is 19.2 Å². The molecule has 1 amide bonds. The predicted octanol–water partition coefficient (Wildman–Crippen LogP) is 2.47. The smallest absolute Gasteiger partial charge is 0.220 e. The number of phenolic OH excluding ortho intramolecular Hbond substituents is 3. The molecule has 0 bridgehead atoms. The summed E-state index contributed by atoms with van der Waals surface area (Å²) in [7, 11) is 1.32. The first-order valence-electron chi connectivity index (χ1n) is 8.84. The van der Waals surface area contributed by atoms with Gasteiger partial charge in [-0.15, -0.1) is 0 Å². The lowest BCUT2D eigenvalue weighted by molar-refractivity contribution is -0.119. The zero-order chi connectivity index (χ0) is 20.0. The molecule has 1 saturated heterocycles. The second-order valence-corrected chi connectivity index (χ2v) is 6.83. The molecule has 4 rings (SSSR count). The topological polar surface area (TPSA) is 125 Å². The maximum atomic E-state index is 12.9. The number of fused-ring (bicyclic) bond motifs is 1. The van der Waals surface area contributed by atoms with Crippen LogP contribution in [0.5, 0.6) is 28.7 Å². The SMILES string of the molecule is COc1c(O)c([C@@H]2CCC(=O)N2)c(O)c2c1O[C@@H](c1ccc(O)cc1)CC2=O. The van der Waals surface area contributed by atoms with Gasteiger partial charge in [0.15, 0.2) is 17.3 Å². The van der Waals surface area contributed by atoms with Gasteiger partial charge in [-0.3, -0.25) is 9.59 Å². The summed E-state index contributed by atoms with van der Waals surface area (Å²) in [4.78, 5) is 24.4. The van der Waals surface area contributed by atoms with Gasteiger partial charge in [-0.2, -0.15) is 0 Å². The largest absolute Gasteiger partial charge is 0.508 e. The van der Waals surface area contributed by atoms with E-state index in [9.17, 15) is 24.9 Å². The highest BCUT2D eigenvalue weighted by Crippen LogP contribution is 2.54. The molecule has 8 heteroatoms. The minimum absolute atomic E-state index is 0.0320. The molecule has 0 radical (unpaired) electrons. The predicted molar refractivity (Wildman–Crippen MR) is 96.9 cm³/mol. The van der Waals surface area contributed by atoms with Crippen LogP contribution in [0.3, 0.4) is 0 Å². The quantitative estimate of drug-likeness (QED) is 0.639. The molecule has 4 N–H and O–H groups in total. The molecule has 8 nitrogen and oxygen atoms in total. The van der Waals surface area contributed by atoms with Gasteiger partial charge in [-0.05, 0) is 24.1 Å². The Labute approximate surface area is 160 Å². The molecule has 1 fully saturated rings. The van der Waals surface area contributed by atoms with Gasteiger partial charge < -0.3 is 30.1 Å². The van der Waals surface area contributed by atoms with Crippen LogP contribution in [-0.4, -0.2) is 34.1 Å². The zero-order valence-corrected chi connectivity index (χ0v) is 15.1. The van der Waals surface area contributed by atoms with Crippen LogP contribution in [0.4, 0.5) is 0 Å². The first kappa shape index (κ1) is 18.0. The molecule has 0 spiro atoms. The molecule has 2 heterocycles. The second kappa shape index (κ2) is 6.63. The van der Waals surface area contributed by atoms with E-state index in [-0.39, 0.29) is 58.7 Å². The lowest BCUT2D eigenvalue weighted by atomic mass is 9.91. The van der Waals surface area contributed by atoms with Gasteiger partial charge in [0, 0.05) is 6.42 Å². The van der Waals surface area contributed by atoms with Crippen molar-refractivity contribution in [1.29, 1.82) is 0 Å². The van der Waals surface area contributed by atoms with Crippen molar-refractivity contribution in [2.75, 3.05) is 7.11 Å². The number of carbonyl (C=O) groups is 2. The van der Waals surface area contributed by atoms with Crippen LogP contribution >= 0.6 is 0 Å². The molecule has 2 aliphatic heterocycles. The summed E-state index contributed by atoms with van der Waals surface area (Å²) in [5, 5.41) is 33.6. The molecule has 0 saturated carbocycles. The van der Waals surface area contributed by atoms with Crippen LogP contribution in [0.1, 0.15) is 52.9 Å². The van der Waals surface area contributed by atoms with E-state index >= 15 is 0 Å². The summed E-state index contributed by atoms with van der Waals surface area (Å²) < 4.78 is 11.2. The van der Waals surface area contributed by atoms with Crippen molar-refractivity contribution in [3.05, 3.63) is 41.0 Å². The number of benzene rings is 2. The first-order chi connectivity index (χ1) is 13.4. The molecule has 2 aliphatic rings. The summed E-state index contributed by atoms with van der Waals surface area (Å²) in [5.41, 5.74) is 0.646. The van der Waals surface area contributed by atoms with E-state index in [1.807, 2.05) is 0 Å². The van der Waals surface area contributed by atoms with E-state index in [0.717, 1.165) is 0 Å². The summed E-state index contributed by atoms with van der Waals surface area (Å²) in [6, 6.07) is 5.61. The zero-order valence-electron chi connectivity index (χ0n) is 15.1. The van der Waals surface area contributed by atoms with Crippen molar-refractivity contribution < 1.29 is 34.4 Å². The molecule has 146 valence electrons. The Hall–Kier alpha value is -3.42. The van der Waals surface area contributed by atoms with Crippen molar-refractivity contribution in [1.82, 2.24) is 5.32 Å². The van der Waals surface area contributed by atoms with Crippen molar-refractivity contribution in [3.63, 3.8) is 0 Å². The molecular weight excluding hydrogens is 366 g/mol. The average Bonchev–Trinajstić information content (AvgIpc) is 3.08. The Bertz CT molecular complexity index is 968. The number of ether oxygens (including phenoxy) is 2. The van der Waals surface area contributed by atoms with E-state index in [4.69, 9.17) is 9.47 Å². The van der Waals surface area contributed by atoms with E-state index in [1.54, 1.807) is 12.1 Å². The van der Waals surface area contributed by atoms with Crippen LogP contribution in [0.25, 0.3) is 0 Å². The van der Waals surface area contributed by atoms with Crippen LogP contribution in [0.2, 0.25) is 0 Å². The highest BCUT2D eigenvalue weighted by molar-refractivity contribution is 6.04. The Morgan fingerprint density at radius 3 is 2.43 bits per heavy atom. The van der Waals surface area contributed by atoms with E-state index < -0.39 is 17.9 Å². The minimum Gasteiger partial charge on any atom is -0.508 e. The maximum Gasteiger partial charge on any atom is 0.220 e. The molecule has 0 aromatic heterocycles. The second-order valence-electron chi connectivity index (χ2n) is 6.83. The molecule has 2 atom stereocenters. The minimum atomic E-state index is -0.662. The normalized spacial score (nSPS) is 21.0. The number of ketones is 1. The van der Waals surface area contributed by atoms with Gasteiger partial charge >= 0.3 is 0 Å². The Morgan fingerprint density at radius 2 is 1.82 bits per heavy atom. The number of rotatable bonds is 3. The third-order valence-electron chi connectivity index (χ3n) is 5.12. The summed E-state index contributed by atoms with van der Waals surface area (Å²) in [5.74, 6) is -1.38. The first-order valence-corrected chi connectivity index (χ1v) is 8.84. The van der Waals surface area contributed by atoms with Crippen LogP contribution in [0.15, 0.2) is 24.3 Å². The van der Waals surface area contributed by atoms with Crippen molar-refractivity contribution >= 4 is 11.7 Å². The third kappa shape index (κ3) is 2.77. The number of nitrogens with one attached hydrogen (secondary N) is 1. The molecule has 0 unspecified atom stereocenters. The number of hydrogen-bond donors (Lipinski definition) is 4. The monoisotopic (exact) mass is 385 g/mol. The number of hydrogen-bond acceptors (Lipinski definition) is 7. The Balaban J connectivity index is 1.82. The fourth-order valence-corrected chi connectivity index (χ4v) is 3.75. The van der Waals surface area contributed by atoms with Gasteiger partial charge in [0.25, 0.3) is 0 Å². The number of Topliss-reactive ketones (excluding diaryl/α,β-unsaturated/α-hetero) is 1. The fourth-order valence-electron chi connectivity index (χ4n) is 3.75. The van der Waals surface area contributed by atoms with E-state index in [0.29, 0.717) is 12.0 Å². The maximum absolute atomic E-state index is 12.9. The third-order valence-corrected chi connectivity index (χ3v) is 5.12. The van der Waals surface area contributed by atoms with Crippen LogP contribution in [0, 0.1) is 0 Å². The standard InChI is InChI=1S/C20H19NO7/c1-27-20-18(26)15(11-6-7-14(24)21-11)17(25)16-12(23)8-13(28-19(16)20)9-2-4-10(22)5-3-9/h2-5,11,13,22,25-26H,6-8H2,1H3,(H,21,24)/t11-,13+/m0/s1. The molecule has 0 aliphatic carbocycles.